The molecule has 116 valence electrons. The predicted octanol–water partition coefficient (Wildman–Crippen LogP) is 0.237. The second-order valence-corrected chi connectivity index (χ2v) is 4.28. The minimum absolute atomic E-state index is 0.0168. The maximum atomic E-state index is 11.4. The number of nitrogens with two attached hydrogens (primary N) is 3. The molecule has 0 aromatic carbocycles. The summed E-state index contributed by atoms with van der Waals surface area (Å²) in [6.45, 7) is 2.63. The summed E-state index contributed by atoms with van der Waals surface area (Å²) >= 11 is 0. The fourth-order valence-electron chi connectivity index (χ4n) is 1.33. The van der Waals surface area contributed by atoms with Crippen LogP contribution in [-0.2, 0) is 14.3 Å². The molecule has 1 atom stereocenters. The van der Waals surface area contributed by atoms with E-state index < -0.39 is 18.2 Å². The van der Waals surface area contributed by atoms with Gasteiger partial charge in [0, 0.05) is 6.54 Å². The zero-order valence-corrected chi connectivity index (χ0v) is 11.8. The van der Waals surface area contributed by atoms with E-state index in [9.17, 15) is 9.59 Å². The fourth-order valence-corrected chi connectivity index (χ4v) is 1.33. The van der Waals surface area contributed by atoms with Crippen molar-refractivity contribution in [3.05, 3.63) is 0 Å². The highest BCUT2D eigenvalue weighted by Gasteiger charge is 2.19. The topological polar surface area (TPSA) is 143 Å². The molecule has 0 saturated heterocycles. The smallest absolute Gasteiger partial charge is 0.434 e. The van der Waals surface area contributed by atoms with Gasteiger partial charge in [0.15, 0.2) is 5.96 Å². The quantitative estimate of drug-likeness (QED) is 0.181. The number of hydrogen-bond acceptors (Lipinski definition) is 6. The van der Waals surface area contributed by atoms with Crippen molar-refractivity contribution < 1.29 is 19.1 Å². The number of nitrogens with zero attached hydrogens (tertiary/aromatic N) is 1. The molecular formula is C12H24N4O4. The summed E-state index contributed by atoms with van der Waals surface area (Å²) in [5, 5.41) is 0. The lowest BCUT2D eigenvalue weighted by Gasteiger charge is -2.09. The number of carbonyl (C=O) groups is 2. The maximum Gasteiger partial charge on any atom is 0.516 e. The van der Waals surface area contributed by atoms with Gasteiger partial charge in [0.1, 0.15) is 6.04 Å². The molecule has 0 spiro atoms. The number of aliphatic imine (C=N–C) groups is 1. The van der Waals surface area contributed by atoms with Crippen molar-refractivity contribution in [1.82, 2.24) is 0 Å². The summed E-state index contributed by atoms with van der Waals surface area (Å²) < 4.78 is 9.19. The molecule has 0 aliphatic carbocycles. The fraction of sp³-hybridized carbons (Fsp3) is 0.750. The van der Waals surface area contributed by atoms with Crippen LogP contribution in [0.4, 0.5) is 4.79 Å². The van der Waals surface area contributed by atoms with Crippen LogP contribution in [0.25, 0.3) is 0 Å². The molecule has 0 fully saturated rings. The molecule has 0 aliphatic heterocycles. The van der Waals surface area contributed by atoms with Gasteiger partial charge in [-0.2, -0.15) is 0 Å². The average Bonchev–Trinajstić information content (AvgIpc) is 2.39. The Bertz CT molecular complexity index is 329. The van der Waals surface area contributed by atoms with Gasteiger partial charge in [0.2, 0.25) is 0 Å². The minimum atomic E-state index is -1.01. The monoisotopic (exact) mass is 288 g/mol. The Kier molecular flexibility index (Phi) is 10.0. The number of unbranched alkanes of at least 4 members (excludes halogenated alkanes) is 2. The van der Waals surface area contributed by atoms with Gasteiger partial charge in [-0.25, -0.2) is 9.59 Å². The molecule has 0 bridgehead atoms. The van der Waals surface area contributed by atoms with E-state index in [2.05, 4.69) is 9.73 Å². The summed E-state index contributed by atoms with van der Waals surface area (Å²) in [5.74, 6) is -0.827. The van der Waals surface area contributed by atoms with Crippen LogP contribution in [0.15, 0.2) is 4.99 Å². The Balaban J connectivity index is 3.77. The van der Waals surface area contributed by atoms with Crippen LogP contribution in [0.2, 0.25) is 0 Å². The lowest BCUT2D eigenvalue weighted by atomic mass is 10.2. The number of guanidine groups is 1. The Morgan fingerprint density at radius 3 is 2.50 bits per heavy atom. The Labute approximate surface area is 118 Å². The lowest BCUT2D eigenvalue weighted by molar-refractivity contribution is -0.141. The van der Waals surface area contributed by atoms with E-state index in [1.54, 1.807) is 0 Å². The van der Waals surface area contributed by atoms with Crippen LogP contribution >= 0.6 is 0 Å². The summed E-state index contributed by atoms with van der Waals surface area (Å²) in [6.07, 6.45) is 2.53. The largest absolute Gasteiger partial charge is 0.516 e. The zero-order valence-electron chi connectivity index (χ0n) is 11.8. The molecule has 0 rings (SSSR count). The summed E-state index contributed by atoms with van der Waals surface area (Å²) in [5.41, 5.74) is 15.9. The number of rotatable bonds is 9. The van der Waals surface area contributed by atoms with Crippen molar-refractivity contribution in [2.75, 3.05) is 13.2 Å². The first-order valence-electron chi connectivity index (χ1n) is 6.66. The number of ether oxygens (including phenoxy) is 2. The standard InChI is InChI=1S/C12H24N4O4/c1-2-3-4-8-19-12(18)20-10(17)9(13)6-5-7-16-11(14)15/h9H,2-8,13H2,1H3,(H4,14,15,16)/t9-/m1/s1. The SMILES string of the molecule is CCCCCOC(=O)OC(=O)[C@H](N)CCCN=C(N)N. The molecule has 0 aromatic rings. The van der Waals surface area contributed by atoms with E-state index in [0.29, 0.717) is 19.4 Å². The Hall–Kier alpha value is -1.83. The highest BCUT2D eigenvalue weighted by Crippen LogP contribution is 2.00. The molecule has 0 aliphatic rings. The Morgan fingerprint density at radius 2 is 1.90 bits per heavy atom. The zero-order chi connectivity index (χ0) is 15.4. The molecule has 0 aromatic heterocycles. The number of esters is 1. The second-order valence-electron chi connectivity index (χ2n) is 4.28. The van der Waals surface area contributed by atoms with Gasteiger partial charge in [-0.15, -0.1) is 0 Å². The molecule has 0 unspecified atom stereocenters. The highest BCUT2D eigenvalue weighted by molar-refractivity contribution is 5.85. The number of hydrogen-bond donors (Lipinski definition) is 3. The van der Waals surface area contributed by atoms with Crippen molar-refractivity contribution in [2.24, 2.45) is 22.2 Å². The Morgan fingerprint density at radius 1 is 1.20 bits per heavy atom. The first-order chi connectivity index (χ1) is 9.47. The van der Waals surface area contributed by atoms with Gasteiger partial charge < -0.3 is 26.7 Å². The third kappa shape index (κ3) is 10.1. The minimum Gasteiger partial charge on any atom is -0.434 e. The van der Waals surface area contributed by atoms with Crippen LogP contribution in [-0.4, -0.2) is 37.3 Å². The molecule has 20 heavy (non-hydrogen) atoms. The van der Waals surface area contributed by atoms with Gasteiger partial charge in [0.05, 0.1) is 6.61 Å². The summed E-state index contributed by atoms with van der Waals surface area (Å²) in [4.78, 5) is 26.3. The van der Waals surface area contributed by atoms with Gasteiger partial charge in [-0.05, 0) is 19.3 Å². The molecule has 0 radical (unpaired) electrons. The number of carbonyl (C=O) groups excluding carboxylic acids is 2. The van der Waals surface area contributed by atoms with Crippen LogP contribution < -0.4 is 17.2 Å². The lowest BCUT2D eigenvalue weighted by Crippen LogP contribution is -2.34. The van der Waals surface area contributed by atoms with Gasteiger partial charge in [-0.1, -0.05) is 19.8 Å². The first kappa shape index (κ1) is 18.2. The first-order valence-corrected chi connectivity index (χ1v) is 6.66. The van der Waals surface area contributed by atoms with Crippen molar-refractivity contribution in [3.63, 3.8) is 0 Å². The van der Waals surface area contributed by atoms with E-state index in [1.165, 1.54) is 0 Å². The molecule has 0 amide bonds. The summed E-state index contributed by atoms with van der Waals surface area (Å²) in [6, 6.07) is -0.896. The van der Waals surface area contributed by atoms with Crippen molar-refractivity contribution in [2.45, 2.75) is 45.1 Å². The molecule has 0 heterocycles. The van der Waals surface area contributed by atoms with Crippen LogP contribution in [0.1, 0.15) is 39.0 Å². The third-order valence-corrected chi connectivity index (χ3v) is 2.42. The van der Waals surface area contributed by atoms with Gasteiger partial charge in [-0.3, -0.25) is 4.99 Å². The van der Waals surface area contributed by atoms with E-state index in [4.69, 9.17) is 21.9 Å². The second kappa shape index (κ2) is 11.0. The summed E-state index contributed by atoms with van der Waals surface area (Å²) in [7, 11) is 0. The van der Waals surface area contributed by atoms with Gasteiger partial charge in [0.25, 0.3) is 0 Å². The van der Waals surface area contributed by atoms with Crippen LogP contribution in [0.5, 0.6) is 0 Å². The van der Waals surface area contributed by atoms with E-state index in [1.807, 2.05) is 6.92 Å². The normalized spacial score (nSPS) is 11.5. The van der Waals surface area contributed by atoms with Crippen molar-refractivity contribution in [1.29, 1.82) is 0 Å². The van der Waals surface area contributed by atoms with E-state index >= 15 is 0 Å². The van der Waals surface area contributed by atoms with Crippen LogP contribution in [0, 0.1) is 0 Å². The molecule has 8 nitrogen and oxygen atoms in total. The average molecular weight is 288 g/mol. The molecule has 6 N–H and O–H groups in total. The van der Waals surface area contributed by atoms with E-state index in [-0.39, 0.29) is 12.6 Å². The third-order valence-electron chi connectivity index (χ3n) is 2.42. The highest BCUT2D eigenvalue weighted by atomic mass is 16.7. The molecular weight excluding hydrogens is 264 g/mol. The predicted molar refractivity (Wildman–Crippen MR) is 74.9 cm³/mol. The van der Waals surface area contributed by atoms with Crippen molar-refractivity contribution >= 4 is 18.1 Å². The maximum absolute atomic E-state index is 11.4. The molecule has 0 saturated carbocycles. The molecule has 8 heteroatoms. The van der Waals surface area contributed by atoms with Crippen molar-refractivity contribution in [3.8, 4) is 0 Å². The van der Waals surface area contributed by atoms with Crippen LogP contribution in [0.3, 0.4) is 0 Å². The van der Waals surface area contributed by atoms with Gasteiger partial charge >= 0.3 is 12.1 Å². The van der Waals surface area contributed by atoms with E-state index in [0.717, 1.165) is 19.3 Å².